The van der Waals surface area contributed by atoms with Crippen LogP contribution in [0.15, 0.2) is 63.6 Å². The number of hydrogen-bond donors (Lipinski definition) is 2. The Hall–Kier alpha value is -2.90. The Bertz CT molecular complexity index is 1090. The SMILES string of the molecule is O=C(NC[C@@H](c1ccco1)[NH+]1CCCCC1)c1ccc(-c2nc3ccccc3s2)o1. The summed E-state index contributed by atoms with van der Waals surface area (Å²) in [6.45, 7) is 2.71. The molecule has 0 saturated carbocycles. The molecule has 0 spiro atoms. The third-order valence-electron chi connectivity index (χ3n) is 5.68. The number of nitrogens with one attached hydrogen (secondary N) is 2. The Labute approximate surface area is 178 Å². The van der Waals surface area contributed by atoms with Gasteiger partial charge in [-0.3, -0.25) is 4.79 Å². The lowest BCUT2D eigenvalue weighted by atomic mass is 10.1. The largest absolute Gasteiger partial charge is 0.463 e. The molecule has 1 fully saturated rings. The average molecular weight is 423 g/mol. The number of thiazole rings is 1. The lowest BCUT2D eigenvalue weighted by Gasteiger charge is -2.30. The van der Waals surface area contributed by atoms with Crippen molar-refractivity contribution in [1.29, 1.82) is 0 Å². The molecule has 1 saturated heterocycles. The predicted octanol–water partition coefficient (Wildman–Crippen LogP) is 3.69. The van der Waals surface area contributed by atoms with Crippen LogP contribution in [0.4, 0.5) is 0 Å². The van der Waals surface area contributed by atoms with E-state index in [4.69, 9.17) is 8.83 Å². The Morgan fingerprint density at radius 3 is 2.77 bits per heavy atom. The Kier molecular flexibility index (Phi) is 5.38. The van der Waals surface area contributed by atoms with E-state index in [2.05, 4.69) is 10.3 Å². The zero-order valence-electron chi connectivity index (χ0n) is 16.6. The summed E-state index contributed by atoms with van der Waals surface area (Å²) in [7, 11) is 0. The highest BCUT2D eigenvalue weighted by Crippen LogP contribution is 2.31. The van der Waals surface area contributed by atoms with Crippen LogP contribution in [0.2, 0.25) is 0 Å². The van der Waals surface area contributed by atoms with Crippen LogP contribution in [0.3, 0.4) is 0 Å². The van der Waals surface area contributed by atoms with Gasteiger partial charge in [0.05, 0.1) is 36.1 Å². The van der Waals surface area contributed by atoms with E-state index in [-0.39, 0.29) is 11.9 Å². The van der Waals surface area contributed by atoms with Gasteiger partial charge in [-0.1, -0.05) is 12.1 Å². The number of piperidine rings is 1. The lowest BCUT2D eigenvalue weighted by molar-refractivity contribution is -0.936. The van der Waals surface area contributed by atoms with Gasteiger partial charge in [-0.15, -0.1) is 11.3 Å². The van der Waals surface area contributed by atoms with Gasteiger partial charge >= 0.3 is 0 Å². The van der Waals surface area contributed by atoms with Crippen molar-refractivity contribution in [2.75, 3.05) is 19.6 Å². The van der Waals surface area contributed by atoms with E-state index < -0.39 is 0 Å². The van der Waals surface area contributed by atoms with Crippen molar-refractivity contribution in [3.05, 3.63) is 66.3 Å². The molecule has 154 valence electrons. The number of furan rings is 2. The molecule has 6 nitrogen and oxygen atoms in total. The molecule has 5 rings (SSSR count). The van der Waals surface area contributed by atoms with E-state index in [0.717, 1.165) is 34.1 Å². The normalized spacial score (nSPS) is 16.0. The van der Waals surface area contributed by atoms with Crippen LogP contribution < -0.4 is 10.2 Å². The van der Waals surface area contributed by atoms with Crippen LogP contribution in [0.1, 0.15) is 41.6 Å². The van der Waals surface area contributed by atoms with Crippen LogP contribution >= 0.6 is 11.3 Å². The maximum Gasteiger partial charge on any atom is 0.287 e. The van der Waals surface area contributed by atoms with Gasteiger partial charge in [0.2, 0.25) is 0 Å². The summed E-state index contributed by atoms with van der Waals surface area (Å²) in [5.41, 5.74) is 0.936. The second kappa shape index (κ2) is 8.45. The molecule has 0 aliphatic carbocycles. The molecule has 4 heterocycles. The number of nitrogens with zero attached hydrogens (tertiary/aromatic N) is 1. The van der Waals surface area contributed by atoms with Crippen molar-refractivity contribution in [2.45, 2.75) is 25.3 Å². The summed E-state index contributed by atoms with van der Waals surface area (Å²) in [4.78, 5) is 18.8. The Morgan fingerprint density at radius 1 is 1.10 bits per heavy atom. The van der Waals surface area contributed by atoms with Gasteiger partial charge in [-0.2, -0.15) is 0 Å². The van der Waals surface area contributed by atoms with Gasteiger partial charge < -0.3 is 19.1 Å². The Morgan fingerprint density at radius 2 is 1.97 bits per heavy atom. The average Bonchev–Trinajstić information content (AvgIpc) is 3.54. The highest BCUT2D eigenvalue weighted by Gasteiger charge is 2.29. The topological polar surface area (TPSA) is 72.7 Å². The molecular formula is C23H24N3O3S+. The van der Waals surface area contributed by atoms with Crippen LogP contribution in [0.5, 0.6) is 0 Å². The molecule has 30 heavy (non-hydrogen) atoms. The first kappa shape index (κ1) is 19.1. The summed E-state index contributed by atoms with van der Waals surface area (Å²) in [6.07, 6.45) is 5.40. The molecule has 1 aliphatic heterocycles. The molecule has 0 radical (unpaired) electrons. The summed E-state index contributed by atoms with van der Waals surface area (Å²) in [5.74, 6) is 1.62. The van der Waals surface area contributed by atoms with E-state index in [1.54, 1.807) is 23.7 Å². The van der Waals surface area contributed by atoms with E-state index in [1.807, 2.05) is 42.5 Å². The summed E-state index contributed by atoms with van der Waals surface area (Å²) in [5, 5.41) is 3.82. The van der Waals surface area contributed by atoms with Crippen molar-refractivity contribution in [2.24, 2.45) is 0 Å². The number of rotatable bonds is 6. The minimum atomic E-state index is -0.213. The second-order valence-corrected chi connectivity index (χ2v) is 8.68. The fraction of sp³-hybridized carbons (Fsp3) is 0.304. The number of para-hydroxylation sites is 1. The summed E-state index contributed by atoms with van der Waals surface area (Å²) >= 11 is 1.56. The fourth-order valence-corrected chi connectivity index (χ4v) is 5.05. The number of carbonyl (C=O) groups excluding carboxylic acids is 1. The molecule has 3 aromatic heterocycles. The first-order valence-electron chi connectivity index (χ1n) is 10.4. The number of fused-ring (bicyclic) bond motifs is 1. The van der Waals surface area contributed by atoms with Crippen molar-refractivity contribution in [3.63, 3.8) is 0 Å². The van der Waals surface area contributed by atoms with Crippen LogP contribution in [0, 0.1) is 0 Å². The van der Waals surface area contributed by atoms with Crippen molar-refractivity contribution in [3.8, 4) is 10.8 Å². The number of aromatic nitrogens is 1. The number of quaternary nitrogens is 1. The summed E-state index contributed by atoms with van der Waals surface area (Å²) < 4.78 is 12.6. The van der Waals surface area contributed by atoms with E-state index in [9.17, 15) is 4.79 Å². The first-order chi connectivity index (χ1) is 14.8. The monoisotopic (exact) mass is 422 g/mol. The minimum Gasteiger partial charge on any atom is -0.463 e. The molecule has 1 aliphatic rings. The van der Waals surface area contributed by atoms with Gasteiger partial charge in [0.15, 0.2) is 28.3 Å². The number of benzene rings is 1. The smallest absolute Gasteiger partial charge is 0.287 e. The lowest BCUT2D eigenvalue weighted by Crippen LogP contribution is -3.13. The quantitative estimate of drug-likeness (QED) is 0.497. The maximum atomic E-state index is 12.8. The fourth-order valence-electron chi connectivity index (χ4n) is 4.12. The van der Waals surface area contributed by atoms with Crippen molar-refractivity contribution < 1.29 is 18.5 Å². The van der Waals surface area contributed by atoms with Gasteiger partial charge in [0.25, 0.3) is 5.91 Å². The molecule has 1 aromatic carbocycles. The number of likely N-dealkylation sites (tertiary alicyclic amines) is 1. The minimum absolute atomic E-state index is 0.114. The molecule has 2 N–H and O–H groups in total. The summed E-state index contributed by atoms with van der Waals surface area (Å²) in [6, 6.07) is 15.5. The van der Waals surface area contributed by atoms with E-state index >= 15 is 0 Å². The molecular weight excluding hydrogens is 398 g/mol. The van der Waals surface area contributed by atoms with Crippen molar-refractivity contribution in [1.82, 2.24) is 10.3 Å². The molecule has 1 atom stereocenters. The molecule has 7 heteroatoms. The van der Waals surface area contributed by atoms with Crippen LogP contribution in [0.25, 0.3) is 21.0 Å². The molecule has 0 bridgehead atoms. The third kappa shape index (κ3) is 3.91. The van der Waals surface area contributed by atoms with E-state index in [0.29, 0.717) is 18.1 Å². The number of amides is 1. The first-order valence-corrected chi connectivity index (χ1v) is 11.2. The Balaban J connectivity index is 1.29. The van der Waals surface area contributed by atoms with Gasteiger partial charge in [-0.25, -0.2) is 4.98 Å². The zero-order chi connectivity index (χ0) is 20.3. The molecule has 1 amide bonds. The standard InChI is InChI=1S/C23H23N3O3S/c27-22(24-15-17(18-8-6-14-28-18)26-12-4-1-5-13-26)19-10-11-20(29-19)23-25-16-7-2-3-9-21(16)30-23/h2-3,6-11,14,17H,1,4-5,12-13,15H2,(H,24,27)/p+1/t17-/m0/s1. The van der Waals surface area contributed by atoms with Gasteiger partial charge in [0.1, 0.15) is 0 Å². The highest BCUT2D eigenvalue weighted by atomic mass is 32.1. The van der Waals surface area contributed by atoms with Crippen molar-refractivity contribution >= 4 is 27.5 Å². The third-order valence-corrected chi connectivity index (χ3v) is 6.73. The van der Waals surface area contributed by atoms with Gasteiger partial charge in [0, 0.05) is 0 Å². The number of hydrogen-bond acceptors (Lipinski definition) is 5. The zero-order valence-corrected chi connectivity index (χ0v) is 17.4. The van der Waals surface area contributed by atoms with Gasteiger partial charge in [-0.05, 0) is 55.7 Å². The van der Waals surface area contributed by atoms with E-state index in [1.165, 1.54) is 24.2 Å². The molecule has 0 unspecified atom stereocenters. The number of carbonyl (C=O) groups is 1. The second-order valence-electron chi connectivity index (χ2n) is 7.65. The van der Waals surface area contributed by atoms with Crippen LogP contribution in [-0.2, 0) is 0 Å². The maximum absolute atomic E-state index is 12.8. The van der Waals surface area contributed by atoms with Crippen LogP contribution in [-0.4, -0.2) is 30.5 Å². The predicted molar refractivity (Wildman–Crippen MR) is 116 cm³/mol. The molecule has 4 aromatic rings. The highest BCUT2D eigenvalue weighted by molar-refractivity contribution is 7.21.